The van der Waals surface area contributed by atoms with E-state index in [1.807, 2.05) is 50.6 Å². The third kappa shape index (κ3) is 6.19. The molecule has 1 atom stereocenters. The Morgan fingerprint density at radius 2 is 1.91 bits per heavy atom. The van der Waals surface area contributed by atoms with Crippen molar-refractivity contribution in [1.82, 2.24) is 20.1 Å². The van der Waals surface area contributed by atoms with Crippen molar-refractivity contribution in [2.24, 2.45) is 7.05 Å². The lowest BCUT2D eigenvalue weighted by Crippen LogP contribution is -2.27. The van der Waals surface area contributed by atoms with E-state index in [1.165, 1.54) is 30.0 Å². The third-order valence-corrected chi connectivity index (χ3v) is 6.63. The van der Waals surface area contributed by atoms with Crippen molar-refractivity contribution >= 4 is 29.3 Å². The Kier molecular flexibility index (Phi) is 8.21. The molecule has 0 bridgehead atoms. The highest BCUT2D eigenvalue weighted by Crippen LogP contribution is 2.26. The number of aryl methyl sites for hydroxylation is 2. The Hall–Kier alpha value is -3.20. The van der Waals surface area contributed by atoms with Gasteiger partial charge in [-0.2, -0.15) is 0 Å². The lowest BCUT2D eigenvalue weighted by molar-refractivity contribution is -0.115. The predicted molar refractivity (Wildman–Crippen MR) is 128 cm³/mol. The number of anilines is 1. The van der Waals surface area contributed by atoms with Gasteiger partial charge in [-0.1, -0.05) is 48.5 Å². The van der Waals surface area contributed by atoms with Crippen LogP contribution in [0.4, 0.5) is 10.1 Å². The van der Waals surface area contributed by atoms with Gasteiger partial charge in [-0.25, -0.2) is 4.39 Å². The van der Waals surface area contributed by atoms with Gasteiger partial charge in [-0.15, -0.1) is 10.2 Å². The molecule has 1 aromatic heterocycles. The fourth-order valence-corrected chi connectivity index (χ4v) is 4.25. The smallest absolute Gasteiger partial charge is 0.254 e. The molecule has 0 radical (unpaired) electrons. The minimum Gasteiger partial charge on any atom is -0.351 e. The zero-order chi connectivity index (χ0) is 24.0. The van der Waals surface area contributed by atoms with E-state index in [0.29, 0.717) is 23.8 Å². The Morgan fingerprint density at radius 3 is 2.61 bits per heavy atom. The summed E-state index contributed by atoms with van der Waals surface area (Å²) >= 11 is 1.35. The van der Waals surface area contributed by atoms with Gasteiger partial charge in [0.15, 0.2) is 5.16 Å². The SMILES string of the molecule is CC[C@@H](Sc1nnc(CCNC(=O)c2ccccc2F)n1C)C(=O)Nc1ccc(C)cc1C. The molecular formula is C24H28FN5O2S. The third-order valence-electron chi connectivity index (χ3n) is 5.23. The highest BCUT2D eigenvalue weighted by molar-refractivity contribution is 8.00. The Balaban J connectivity index is 1.58. The van der Waals surface area contributed by atoms with Gasteiger partial charge in [0.25, 0.3) is 5.91 Å². The van der Waals surface area contributed by atoms with Crippen molar-refractivity contribution in [1.29, 1.82) is 0 Å². The Morgan fingerprint density at radius 1 is 1.15 bits per heavy atom. The number of amides is 2. The molecule has 0 unspecified atom stereocenters. The van der Waals surface area contributed by atoms with Gasteiger partial charge in [0, 0.05) is 25.7 Å². The molecule has 7 nitrogen and oxygen atoms in total. The van der Waals surface area contributed by atoms with E-state index >= 15 is 0 Å². The van der Waals surface area contributed by atoms with Crippen LogP contribution < -0.4 is 10.6 Å². The van der Waals surface area contributed by atoms with Crippen molar-refractivity contribution < 1.29 is 14.0 Å². The van der Waals surface area contributed by atoms with E-state index in [-0.39, 0.29) is 23.3 Å². The highest BCUT2D eigenvalue weighted by atomic mass is 32.2. The number of nitrogens with zero attached hydrogens (tertiary/aromatic N) is 3. The van der Waals surface area contributed by atoms with Gasteiger partial charge in [0.1, 0.15) is 11.6 Å². The number of hydrogen-bond donors (Lipinski definition) is 2. The first-order valence-corrected chi connectivity index (χ1v) is 11.6. The number of carbonyl (C=O) groups is 2. The summed E-state index contributed by atoms with van der Waals surface area (Å²) in [6, 6.07) is 11.8. The molecule has 3 aromatic rings. The van der Waals surface area contributed by atoms with Crippen LogP contribution >= 0.6 is 11.8 Å². The monoisotopic (exact) mass is 469 g/mol. The van der Waals surface area contributed by atoms with E-state index in [4.69, 9.17) is 0 Å². The van der Waals surface area contributed by atoms with Crippen molar-refractivity contribution in [3.05, 3.63) is 70.8 Å². The molecule has 0 aliphatic heterocycles. The number of rotatable bonds is 9. The fraction of sp³-hybridized carbons (Fsp3) is 0.333. The number of aromatic nitrogens is 3. The van der Waals surface area contributed by atoms with Crippen LogP contribution in [-0.2, 0) is 18.3 Å². The summed E-state index contributed by atoms with van der Waals surface area (Å²) in [5, 5.41) is 14.4. The molecule has 2 amide bonds. The second-order valence-corrected chi connectivity index (χ2v) is 8.94. The van der Waals surface area contributed by atoms with Crippen molar-refractivity contribution in [3.8, 4) is 0 Å². The summed E-state index contributed by atoms with van der Waals surface area (Å²) in [5.74, 6) is -0.455. The number of nitrogens with one attached hydrogen (secondary N) is 2. The maximum absolute atomic E-state index is 13.7. The fourth-order valence-electron chi connectivity index (χ4n) is 3.31. The summed E-state index contributed by atoms with van der Waals surface area (Å²) in [4.78, 5) is 25.0. The zero-order valence-electron chi connectivity index (χ0n) is 19.2. The molecule has 0 saturated heterocycles. The van der Waals surface area contributed by atoms with Gasteiger partial charge in [-0.05, 0) is 44.0 Å². The average Bonchev–Trinajstić information content (AvgIpc) is 3.13. The van der Waals surface area contributed by atoms with E-state index in [0.717, 1.165) is 16.8 Å². The Labute approximate surface area is 197 Å². The largest absolute Gasteiger partial charge is 0.351 e. The highest BCUT2D eigenvalue weighted by Gasteiger charge is 2.22. The summed E-state index contributed by atoms with van der Waals surface area (Å²) in [5.41, 5.74) is 2.96. The van der Waals surface area contributed by atoms with Gasteiger partial charge < -0.3 is 15.2 Å². The molecule has 0 saturated carbocycles. The number of halogens is 1. The molecule has 174 valence electrons. The predicted octanol–water partition coefficient (Wildman–Crippen LogP) is 4.05. The molecule has 3 rings (SSSR count). The average molecular weight is 470 g/mol. The van der Waals surface area contributed by atoms with Crippen molar-refractivity contribution in [3.63, 3.8) is 0 Å². The van der Waals surface area contributed by atoms with Crippen LogP contribution in [0.1, 0.15) is 40.7 Å². The summed E-state index contributed by atoms with van der Waals surface area (Å²) in [6.07, 6.45) is 1.05. The second-order valence-electron chi connectivity index (χ2n) is 7.77. The standard InChI is InChI=1S/C24H28FN5O2S/c1-5-20(23(32)27-19-11-10-15(2)14-16(19)3)33-24-29-28-21(30(24)4)12-13-26-22(31)17-8-6-7-9-18(17)25/h6-11,14,20H,5,12-13H2,1-4H3,(H,26,31)(H,27,32)/t20-/m1/s1. The van der Waals surface area contributed by atoms with Gasteiger partial charge in [0.2, 0.25) is 5.91 Å². The second kappa shape index (κ2) is 11.1. The van der Waals surface area contributed by atoms with Crippen molar-refractivity contribution in [2.75, 3.05) is 11.9 Å². The van der Waals surface area contributed by atoms with Crippen LogP contribution in [0.15, 0.2) is 47.6 Å². The molecule has 33 heavy (non-hydrogen) atoms. The molecule has 0 aliphatic carbocycles. The normalized spacial score (nSPS) is 11.8. The summed E-state index contributed by atoms with van der Waals surface area (Å²) in [6.45, 7) is 6.22. The molecule has 2 aromatic carbocycles. The molecular weight excluding hydrogens is 441 g/mol. The van der Waals surface area contributed by atoms with Gasteiger partial charge >= 0.3 is 0 Å². The van der Waals surface area contributed by atoms with Gasteiger partial charge in [-0.3, -0.25) is 9.59 Å². The molecule has 1 heterocycles. The molecule has 9 heteroatoms. The number of hydrogen-bond acceptors (Lipinski definition) is 5. The summed E-state index contributed by atoms with van der Waals surface area (Å²) in [7, 11) is 1.82. The van der Waals surface area contributed by atoms with E-state index in [1.54, 1.807) is 6.07 Å². The maximum atomic E-state index is 13.7. The zero-order valence-corrected chi connectivity index (χ0v) is 20.0. The number of benzene rings is 2. The minimum absolute atomic E-state index is 0.00678. The number of thioether (sulfide) groups is 1. The summed E-state index contributed by atoms with van der Waals surface area (Å²) < 4.78 is 15.5. The van der Waals surface area contributed by atoms with E-state index < -0.39 is 11.7 Å². The lowest BCUT2D eigenvalue weighted by Gasteiger charge is -2.16. The van der Waals surface area contributed by atoms with Crippen molar-refractivity contribution in [2.45, 2.75) is 44.0 Å². The first-order chi connectivity index (χ1) is 15.8. The molecule has 2 N–H and O–H groups in total. The topological polar surface area (TPSA) is 88.9 Å². The molecule has 0 spiro atoms. The first kappa shape index (κ1) is 24.4. The number of carbonyl (C=O) groups excluding carboxylic acids is 2. The van der Waals surface area contributed by atoms with Gasteiger partial charge in [0.05, 0.1) is 10.8 Å². The van der Waals surface area contributed by atoms with Crippen LogP contribution in [0.25, 0.3) is 0 Å². The Bertz CT molecular complexity index is 1150. The van der Waals surface area contributed by atoms with E-state index in [2.05, 4.69) is 20.8 Å². The van der Waals surface area contributed by atoms with Crippen LogP contribution in [0.3, 0.4) is 0 Å². The lowest BCUT2D eigenvalue weighted by atomic mass is 10.1. The quantitative estimate of drug-likeness (QED) is 0.462. The first-order valence-electron chi connectivity index (χ1n) is 10.8. The molecule has 0 fully saturated rings. The minimum atomic E-state index is -0.558. The van der Waals surface area contributed by atoms with Crippen LogP contribution in [0, 0.1) is 19.7 Å². The maximum Gasteiger partial charge on any atom is 0.254 e. The van der Waals surface area contributed by atoms with Crippen LogP contribution in [0.5, 0.6) is 0 Å². The van der Waals surface area contributed by atoms with E-state index in [9.17, 15) is 14.0 Å². The molecule has 0 aliphatic rings. The van der Waals surface area contributed by atoms with Crippen LogP contribution in [-0.4, -0.2) is 38.4 Å². The van der Waals surface area contributed by atoms with Crippen LogP contribution in [0.2, 0.25) is 0 Å².